The largest absolute Gasteiger partial charge is 0.469 e. The Morgan fingerprint density at radius 3 is 3.00 bits per heavy atom. The molecule has 78 valence electrons. The zero-order valence-electron chi connectivity index (χ0n) is 8.53. The number of aryl methyl sites for hydroxylation is 1. The molecule has 15 heavy (non-hydrogen) atoms. The molecule has 0 atom stereocenters. The molecule has 0 aliphatic heterocycles. The number of carbonyl (C=O) groups is 1. The van der Waals surface area contributed by atoms with Crippen LogP contribution in [0.15, 0.2) is 34.9 Å². The molecule has 0 aliphatic rings. The molecule has 0 radical (unpaired) electrons. The van der Waals surface area contributed by atoms with E-state index >= 15 is 0 Å². The number of hydrogen-bond donors (Lipinski definition) is 0. The summed E-state index contributed by atoms with van der Waals surface area (Å²) >= 11 is 0. The Balaban J connectivity index is 2.18. The second-order valence-corrected chi connectivity index (χ2v) is 3.33. The molecule has 0 fully saturated rings. The topological polar surface area (TPSA) is 39.4 Å². The Labute approximate surface area is 87.6 Å². The monoisotopic (exact) mass is 204 g/mol. The summed E-state index contributed by atoms with van der Waals surface area (Å²) in [6, 6.07) is 7.79. The van der Waals surface area contributed by atoms with Crippen LogP contribution in [0.5, 0.6) is 0 Å². The van der Waals surface area contributed by atoms with E-state index in [2.05, 4.69) is 4.74 Å². The highest BCUT2D eigenvalue weighted by atomic mass is 16.5. The lowest BCUT2D eigenvalue weighted by molar-refractivity contribution is -0.140. The van der Waals surface area contributed by atoms with Crippen molar-refractivity contribution in [1.82, 2.24) is 0 Å². The number of para-hydroxylation sites is 1. The van der Waals surface area contributed by atoms with Crippen molar-refractivity contribution < 1.29 is 13.9 Å². The van der Waals surface area contributed by atoms with Gasteiger partial charge in [-0.3, -0.25) is 4.79 Å². The maximum atomic E-state index is 11.0. The summed E-state index contributed by atoms with van der Waals surface area (Å²) in [5.41, 5.74) is 1.91. The lowest BCUT2D eigenvalue weighted by Crippen LogP contribution is -2.01. The number of esters is 1. The Morgan fingerprint density at radius 1 is 1.40 bits per heavy atom. The van der Waals surface area contributed by atoms with E-state index in [0.29, 0.717) is 12.8 Å². The van der Waals surface area contributed by atoms with Crippen LogP contribution in [0.2, 0.25) is 0 Å². The average Bonchev–Trinajstić information content (AvgIpc) is 2.69. The fourth-order valence-corrected chi connectivity index (χ4v) is 1.57. The molecule has 0 N–H and O–H groups in total. The molecule has 1 aromatic carbocycles. The van der Waals surface area contributed by atoms with Gasteiger partial charge in [-0.2, -0.15) is 0 Å². The van der Waals surface area contributed by atoms with E-state index in [-0.39, 0.29) is 5.97 Å². The van der Waals surface area contributed by atoms with Crippen LogP contribution in [0.25, 0.3) is 11.0 Å². The number of methoxy groups -OCH3 is 1. The standard InChI is InChI=1S/C12H12O3/c1-14-12(13)7-6-9-8-15-11-5-3-2-4-10(9)11/h2-5,8H,6-7H2,1H3. The summed E-state index contributed by atoms with van der Waals surface area (Å²) in [5, 5.41) is 1.07. The zero-order valence-corrected chi connectivity index (χ0v) is 8.53. The van der Waals surface area contributed by atoms with Gasteiger partial charge < -0.3 is 9.15 Å². The lowest BCUT2D eigenvalue weighted by Gasteiger charge is -1.97. The Kier molecular flexibility index (Phi) is 2.72. The van der Waals surface area contributed by atoms with Crippen LogP contribution in [0, 0.1) is 0 Å². The van der Waals surface area contributed by atoms with E-state index in [4.69, 9.17) is 4.42 Å². The van der Waals surface area contributed by atoms with Gasteiger partial charge in [-0.05, 0) is 18.1 Å². The molecule has 0 unspecified atom stereocenters. The highest BCUT2D eigenvalue weighted by molar-refractivity contribution is 5.81. The van der Waals surface area contributed by atoms with Crippen molar-refractivity contribution in [2.24, 2.45) is 0 Å². The van der Waals surface area contributed by atoms with E-state index in [9.17, 15) is 4.79 Å². The molecule has 2 aromatic rings. The number of benzene rings is 1. The molecule has 0 aliphatic carbocycles. The summed E-state index contributed by atoms with van der Waals surface area (Å²) in [4.78, 5) is 11.0. The molecule has 0 saturated carbocycles. The van der Waals surface area contributed by atoms with Crippen LogP contribution in [-0.2, 0) is 16.0 Å². The van der Waals surface area contributed by atoms with Crippen molar-refractivity contribution in [3.05, 3.63) is 36.1 Å². The van der Waals surface area contributed by atoms with Gasteiger partial charge in [-0.25, -0.2) is 0 Å². The molecule has 1 heterocycles. The smallest absolute Gasteiger partial charge is 0.305 e. The van der Waals surface area contributed by atoms with Gasteiger partial charge in [0.25, 0.3) is 0 Å². The molecule has 1 aromatic heterocycles. The predicted molar refractivity (Wildman–Crippen MR) is 56.6 cm³/mol. The van der Waals surface area contributed by atoms with Gasteiger partial charge >= 0.3 is 5.97 Å². The van der Waals surface area contributed by atoms with Crippen molar-refractivity contribution in [2.45, 2.75) is 12.8 Å². The van der Waals surface area contributed by atoms with Crippen molar-refractivity contribution in [1.29, 1.82) is 0 Å². The van der Waals surface area contributed by atoms with E-state index in [0.717, 1.165) is 16.5 Å². The zero-order chi connectivity index (χ0) is 10.7. The average molecular weight is 204 g/mol. The molecular formula is C12H12O3. The summed E-state index contributed by atoms with van der Waals surface area (Å²) < 4.78 is 9.95. The number of furan rings is 1. The minimum atomic E-state index is -0.194. The molecule has 0 amide bonds. The van der Waals surface area contributed by atoms with Crippen molar-refractivity contribution >= 4 is 16.9 Å². The van der Waals surface area contributed by atoms with Crippen LogP contribution >= 0.6 is 0 Å². The van der Waals surface area contributed by atoms with Crippen LogP contribution in [0.3, 0.4) is 0 Å². The first-order valence-corrected chi connectivity index (χ1v) is 4.83. The first-order valence-electron chi connectivity index (χ1n) is 4.83. The number of rotatable bonds is 3. The predicted octanol–water partition coefficient (Wildman–Crippen LogP) is 2.54. The number of carbonyl (C=O) groups excluding carboxylic acids is 1. The molecular weight excluding hydrogens is 192 g/mol. The third-order valence-electron chi connectivity index (χ3n) is 2.39. The fraction of sp³-hybridized carbons (Fsp3) is 0.250. The molecule has 3 heteroatoms. The van der Waals surface area contributed by atoms with Crippen LogP contribution in [0.1, 0.15) is 12.0 Å². The number of fused-ring (bicyclic) bond motifs is 1. The second-order valence-electron chi connectivity index (χ2n) is 3.33. The highest BCUT2D eigenvalue weighted by Crippen LogP contribution is 2.21. The first-order chi connectivity index (χ1) is 7.31. The van der Waals surface area contributed by atoms with E-state index < -0.39 is 0 Å². The summed E-state index contributed by atoms with van der Waals surface area (Å²) in [5.74, 6) is -0.194. The first kappa shape index (κ1) is 9.77. The van der Waals surface area contributed by atoms with Gasteiger partial charge in [0.15, 0.2) is 0 Å². The van der Waals surface area contributed by atoms with Gasteiger partial charge in [0.2, 0.25) is 0 Å². The quantitative estimate of drug-likeness (QED) is 0.721. The van der Waals surface area contributed by atoms with Crippen LogP contribution < -0.4 is 0 Å². The number of hydrogen-bond acceptors (Lipinski definition) is 3. The molecule has 3 nitrogen and oxygen atoms in total. The third-order valence-corrected chi connectivity index (χ3v) is 2.39. The molecule has 0 spiro atoms. The van der Waals surface area contributed by atoms with Crippen molar-refractivity contribution in [3.63, 3.8) is 0 Å². The maximum absolute atomic E-state index is 11.0. The van der Waals surface area contributed by atoms with Crippen LogP contribution in [-0.4, -0.2) is 13.1 Å². The Hall–Kier alpha value is -1.77. The van der Waals surface area contributed by atoms with Gasteiger partial charge in [0.1, 0.15) is 5.58 Å². The van der Waals surface area contributed by atoms with E-state index in [1.165, 1.54) is 7.11 Å². The Bertz CT molecular complexity index is 470. The second kappa shape index (κ2) is 4.17. The minimum absolute atomic E-state index is 0.194. The van der Waals surface area contributed by atoms with Crippen molar-refractivity contribution in [2.75, 3.05) is 7.11 Å². The lowest BCUT2D eigenvalue weighted by atomic mass is 10.1. The normalized spacial score (nSPS) is 10.5. The van der Waals surface area contributed by atoms with Crippen LogP contribution in [0.4, 0.5) is 0 Å². The van der Waals surface area contributed by atoms with E-state index in [1.807, 2.05) is 24.3 Å². The third kappa shape index (κ3) is 2.01. The summed E-state index contributed by atoms with van der Waals surface area (Å²) in [7, 11) is 1.40. The number of ether oxygens (including phenoxy) is 1. The maximum Gasteiger partial charge on any atom is 0.305 e. The Morgan fingerprint density at radius 2 is 2.20 bits per heavy atom. The molecule has 0 bridgehead atoms. The minimum Gasteiger partial charge on any atom is -0.469 e. The summed E-state index contributed by atoms with van der Waals surface area (Å²) in [6.45, 7) is 0. The SMILES string of the molecule is COC(=O)CCc1coc2ccccc12. The van der Waals surface area contributed by atoms with Gasteiger partial charge in [-0.15, -0.1) is 0 Å². The van der Waals surface area contributed by atoms with Gasteiger partial charge in [0.05, 0.1) is 13.4 Å². The van der Waals surface area contributed by atoms with E-state index in [1.54, 1.807) is 6.26 Å². The highest BCUT2D eigenvalue weighted by Gasteiger charge is 2.07. The molecule has 0 saturated heterocycles. The van der Waals surface area contributed by atoms with Gasteiger partial charge in [0, 0.05) is 11.8 Å². The molecule has 2 rings (SSSR count). The van der Waals surface area contributed by atoms with Crippen molar-refractivity contribution in [3.8, 4) is 0 Å². The fourth-order valence-electron chi connectivity index (χ4n) is 1.57. The summed E-state index contributed by atoms with van der Waals surface area (Å²) in [6.07, 6.45) is 2.75. The van der Waals surface area contributed by atoms with Gasteiger partial charge in [-0.1, -0.05) is 18.2 Å².